The second-order valence-electron chi connectivity index (χ2n) is 7.32. The molecule has 2 aliphatic rings. The Morgan fingerprint density at radius 1 is 0.966 bits per heavy atom. The van der Waals surface area contributed by atoms with E-state index in [1.807, 2.05) is 36.4 Å². The van der Waals surface area contributed by atoms with Crippen molar-refractivity contribution in [2.45, 2.75) is 12.6 Å². The predicted molar refractivity (Wildman–Crippen MR) is 110 cm³/mol. The Morgan fingerprint density at radius 3 is 2.66 bits per heavy atom. The van der Waals surface area contributed by atoms with Gasteiger partial charge >= 0.3 is 0 Å². The summed E-state index contributed by atoms with van der Waals surface area (Å²) in [6.45, 7) is 3.09. The average Bonchev–Trinajstić information content (AvgIpc) is 3.23. The van der Waals surface area contributed by atoms with E-state index in [9.17, 15) is 4.79 Å². The average molecular weight is 389 g/mol. The molecular formula is C23H23N3O3. The lowest BCUT2D eigenvalue weighted by atomic mass is 10.00. The quantitative estimate of drug-likeness (QED) is 0.744. The molecule has 0 aliphatic carbocycles. The van der Waals surface area contributed by atoms with E-state index in [4.69, 9.17) is 9.47 Å². The van der Waals surface area contributed by atoms with E-state index in [1.54, 1.807) is 0 Å². The largest absolute Gasteiger partial charge is 0.486 e. The van der Waals surface area contributed by atoms with Crippen molar-refractivity contribution in [3.63, 3.8) is 0 Å². The first-order valence-corrected chi connectivity index (χ1v) is 9.91. The minimum Gasteiger partial charge on any atom is -0.486 e. The second-order valence-corrected chi connectivity index (χ2v) is 7.32. The molecule has 2 aliphatic heterocycles. The number of rotatable bonds is 4. The van der Waals surface area contributed by atoms with Gasteiger partial charge in [0.2, 0.25) is 5.91 Å². The molecule has 0 saturated carbocycles. The molecule has 6 nitrogen and oxygen atoms in total. The number of amides is 1. The summed E-state index contributed by atoms with van der Waals surface area (Å²) < 4.78 is 13.4. The molecule has 3 heterocycles. The van der Waals surface area contributed by atoms with Gasteiger partial charge in [-0.3, -0.25) is 9.69 Å². The fourth-order valence-electron chi connectivity index (χ4n) is 4.12. The number of hydrogen-bond acceptors (Lipinski definition) is 4. The number of hydrogen-bond donors (Lipinski definition) is 1. The molecule has 29 heavy (non-hydrogen) atoms. The van der Waals surface area contributed by atoms with Gasteiger partial charge in [0.25, 0.3) is 0 Å². The minimum atomic E-state index is -0.0392. The molecule has 1 N–H and O–H groups in total. The third-order valence-electron chi connectivity index (χ3n) is 5.43. The maximum atomic E-state index is 12.8. The number of ether oxygens (including phenoxy) is 2. The molecule has 0 radical (unpaired) electrons. The van der Waals surface area contributed by atoms with Crippen molar-refractivity contribution in [2.75, 3.05) is 31.6 Å². The minimum absolute atomic E-state index is 0.0392. The number of nitrogens with zero attached hydrogens (tertiary/aromatic N) is 2. The van der Waals surface area contributed by atoms with Crippen molar-refractivity contribution in [1.29, 1.82) is 0 Å². The van der Waals surface area contributed by atoms with Gasteiger partial charge in [0.1, 0.15) is 13.2 Å². The van der Waals surface area contributed by atoms with Crippen molar-refractivity contribution < 1.29 is 14.3 Å². The number of fused-ring (bicyclic) bond motifs is 2. The fourth-order valence-corrected chi connectivity index (χ4v) is 4.12. The van der Waals surface area contributed by atoms with Crippen LogP contribution in [-0.2, 0) is 11.3 Å². The lowest BCUT2D eigenvalue weighted by Gasteiger charge is -2.36. The van der Waals surface area contributed by atoms with Crippen LogP contribution in [0.25, 0.3) is 0 Å². The van der Waals surface area contributed by atoms with Crippen LogP contribution < -0.4 is 14.8 Å². The second kappa shape index (κ2) is 7.64. The van der Waals surface area contributed by atoms with Gasteiger partial charge in [0, 0.05) is 36.7 Å². The lowest BCUT2D eigenvalue weighted by molar-refractivity contribution is -0.117. The Labute approximate surface area is 169 Å². The number of nitrogens with one attached hydrogen (secondary N) is 1. The standard InChI is InChI=1S/C23H23N3O3/c27-22(24-18-8-9-20-21(15-18)29-14-13-28-20)16-26-12-11-25-10-4-7-19(25)23(26)17-5-2-1-3-6-17/h1-10,15,23H,11-14,16H2,(H,24,27)/t23-/m1/s1. The molecule has 148 valence electrons. The first-order chi connectivity index (χ1) is 14.3. The number of benzene rings is 2. The highest BCUT2D eigenvalue weighted by molar-refractivity contribution is 5.92. The van der Waals surface area contributed by atoms with Crippen LogP contribution in [-0.4, -0.2) is 41.7 Å². The summed E-state index contributed by atoms with van der Waals surface area (Å²) in [5.74, 6) is 1.35. The topological polar surface area (TPSA) is 55.7 Å². The molecule has 5 rings (SSSR count). The van der Waals surface area contributed by atoms with Crippen molar-refractivity contribution >= 4 is 11.6 Å². The molecule has 3 aromatic rings. The molecular weight excluding hydrogens is 366 g/mol. The number of carbonyl (C=O) groups excluding carboxylic acids is 1. The summed E-state index contributed by atoms with van der Waals surface area (Å²) in [7, 11) is 0. The van der Waals surface area contributed by atoms with Gasteiger partial charge in [-0.25, -0.2) is 0 Å². The predicted octanol–water partition coefficient (Wildman–Crippen LogP) is 3.30. The fraction of sp³-hybridized carbons (Fsp3) is 0.261. The van der Waals surface area contributed by atoms with Gasteiger partial charge in [0.15, 0.2) is 11.5 Å². The van der Waals surface area contributed by atoms with Gasteiger partial charge in [-0.1, -0.05) is 30.3 Å². The highest BCUT2D eigenvalue weighted by Crippen LogP contribution is 2.34. The van der Waals surface area contributed by atoms with Crippen LogP contribution in [0.4, 0.5) is 5.69 Å². The Kier molecular flexibility index (Phi) is 4.69. The Morgan fingerprint density at radius 2 is 1.79 bits per heavy atom. The first-order valence-electron chi connectivity index (χ1n) is 9.91. The van der Waals surface area contributed by atoms with Crippen LogP contribution in [0.1, 0.15) is 17.3 Å². The number of anilines is 1. The molecule has 1 atom stereocenters. The Bertz CT molecular complexity index is 1020. The maximum Gasteiger partial charge on any atom is 0.238 e. The van der Waals surface area contributed by atoms with Crippen LogP contribution in [0.15, 0.2) is 66.9 Å². The molecule has 0 unspecified atom stereocenters. The summed E-state index contributed by atoms with van der Waals surface area (Å²) in [5, 5.41) is 3.01. The highest BCUT2D eigenvalue weighted by Gasteiger charge is 2.30. The number of carbonyl (C=O) groups is 1. The Balaban J connectivity index is 1.34. The Hall–Kier alpha value is -3.25. The molecule has 0 fully saturated rings. The summed E-state index contributed by atoms with van der Waals surface area (Å²) in [4.78, 5) is 15.1. The van der Waals surface area contributed by atoms with Crippen LogP contribution in [0.3, 0.4) is 0 Å². The summed E-state index contributed by atoms with van der Waals surface area (Å²) in [6, 6.07) is 20.1. The van der Waals surface area contributed by atoms with Crippen molar-refractivity contribution in [2.24, 2.45) is 0 Å². The monoisotopic (exact) mass is 389 g/mol. The molecule has 0 saturated heterocycles. The maximum absolute atomic E-state index is 12.8. The van der Waals surface area contributed by atoms with E-state index in [0.717, 1.165) is 24.5 Å². The third-order valence-corrected chi connectivity index (χ3v) is 5.43. The highest BCUT2D eigenvalue weighted by atomic mass is 16.6. The van der Waals surface area contributed by atoms with Gasteiger partial charge in [-0.2, -0.15) is 0 Å². The van der Waals surface area contributed by atoms with Crippen LogP contribution in [0.2, 0.25) is 0 Å². The zero-order valence-corrected chi connectivity index (χ0v) is 16.1. The summed E-state index contributed by atoms with van der Waals surface area (Å²) in [6.07, 6.45) is 2.11. The lowest BCUT2D eigenvalue weighted by Crippen LogP contribution is -2.42. The van der Waals surface area contributed by atoms with Crippen LogP contribution >= 0.6 is 0 Å². The van der Waals surface area contributed by atoms with E-state index in [-0.39, 0.29) is 11.9 Å². The van der Waals surface area contributed by atoms with Crippen molar-refractivity contribution in [3.05, 3.63) is 78.1 Å². The van der Waals surface area contributed by atoms with Gasteiger partial charge in [-0.05, 0) is 29.8 Å². The first kappa shape index (κ1) is 17.8. The summed E-state index contributed by atoms with van der Waals surface area (Å²) >= 11 is 0. The van der Waals surface area contributed by atoms with Gasteiger partial charge in [0.05, 0.1) is 12.6 Å². The normalized spacial score (nSPS) is 18.1. The van der Waals surface area contributed by atoms with Crippen molar-refractivity contribution in [1.82, 2.24) is 9.47 Å². The van der Waals surface area contributed by atoms with E-state index >= 15 is 0 Å². The molecule has 2 aromatic carbocycles. The molecule has 6 heteroatoms. The van der Waals surface area contributed by atoms with Gasteiger partial charge < -0.3 is 19.4 Å². The molecule has 0 bridgehead atoms. The molecule has 1 aromatic heterocycles. The summed E-state index contributed by atoms with van der Waals surface area (Å²) in [5.41, 5.74) is 3.13. The van der Waals surface area contributed by atoms with Gasteiger partial charge in [-0.15, -0.1) is 0 Å². The SMILES string of the molecule is O=C(CN1CCn2cccc2[C@H]1c1ccccc1)Nc1ccc2c(c1)OCCO2. The third kappa shape index (κ3) is 3.59. The van der Waals surface area contributed by atoms with Crippen LogP contribution in [0.5, 0.6) is 11.5 Å². The molecule has 0 spiro atoms. The zero-order valence-electron chi connectivity index (χ0n) is 16.1. The number of aromatic nitrogens is 1. The van der Waals surface area contributed by atoms with E-state index in [1.165, 1.54) is 11.3 Å². The van der Waals surface area contributed by atoms with Crippen molar-refractivity contribution in [3.8, 4) is 11.5 Å². The zero-order chi connectivity index (χ0) is 19.6. The molecule has 1 amide bonds. The van der Waals surface area contributed by atoms with E-state index in [2.05, 4.69) is 45.2 Å². The van der Waals surface area contributed by atoms with Crippen LogP contribution in [0, 0.1) is 0 Å². The van der Waals surface area contributed by atoms with E-state index < -0.39 is 0 Å². The van der Waals surface area contributed by atoms with E-state index in [0.29, 0.717) is 25.5 Å². The smallest absolute Gasteiger partial charge is 0.238 e.